The third-order valence-corrected chi connectivity index (χ3v) is 6.11. The largest absolute Gasteiger partial charge is 0.357 e. The minimum absolute atomic E-state index is 0.0693. The third-order valence-electron chi connectivity index (χ3n) is 6.11. The lowest BCUT2D eigenvalue weighted by Gasteiger charge is -2.39. The van der Waals surface area contributed by atoms with Crippen molar-refractivity contribution in [3.63, 3.8) is 0 Å². The molecule has 0 saturated carbocycles. The molecule has 2 atom stereocenters. The van der Waals surface area contributed by atoms with Gasteiger partial charge in [0, 0.05) is 42.7 Å². The number of allylic oxidation sites excluding steroid dienone is 7. The molecular formula is C24H33N3O2. The number of likely N-dealkylation sites (tertiary alicyclic amines) is 1. The summed E-state index contributed by atoms with van der Waals surface area (Å²) < 4.78 is 0. The normalized spacial score (nSPS) is 24.8. The van der Waals surface area contributed by atoms with Crippen molar-refractivity contribution < 1.29 is 9.59 Å². The number of ketones is 1. The molecule has 1 amide bonds. The van der Waals surface area contributed by atoms with Gasteiger partial charge in [0.05, 0.1) is 12.2 Å². The van der Waals surface area contributed by atoms with Gasteiger partial charge in [0.25, 0.3) is 0 Å². The number of nitrogens with zero attached hydrogens (tertiary/aromatic N) is 2. The number of carbonyl (C=O) groups is 2. The molecule has 0 aromatic rings. The summed E-state index contributed by atoms with van der Waals surface area (Å²) in [4.78, 5) is 29.1. The fraction of sp³-hybridized carbons (Fsp3) is 0.500. The van der Waals surface area contributed by atoms with Gasteiger partial charge in [-0.15, -0.1) is 0 Å². The van der Waals surface area contributed by atoms with E-state index in [-0.39, 0.29) is 11.7 Å². The van der Waals surface area contributed by atoms with Crippen LogP contribution in [0.2, 0.25) is 0 Å². The van der Waals surface area contributed by atoms with Crippen molar-refractivity contribution in [2.45, 2.75) is 46.1 Å². The van der Waals surface area contributed by atoms with Crippen molar-refractivity contribution in [3.05, 3.63) is 59.5 Å². The second kappa shape index (κ2) is 8.95. The number of nitrogens with one attached hydrogen (secondary N) is 1. The lowest BCUT2D eigenvalue weighted by atomic mass is 9.89. The minimum Gasteiger partial charge on any atom is -0.357 e. The molecule has 0 aliphatic carbocycles. The maximum Gasteiger partial charge on any atom is 0.243 e. The molecule has 2 unspecified atom stereocenters. The van der Waals surface area contributed by atoms with Crippen LogP contribution in [0.25, 0.3) is 0 Å². The highest BCUT2D eigenvalue weighted by Crippen LogP contribution is 2.43. The second-order valence-corrected chi connectivity index (χ2v) is 8.53. The van der Waals surface area contributed by atoms with E-state index in [0.717, 1.165) is 55.0 Å². The SMILES string of the molecule is C=C/C(=C\C=C(C)C)C(=O)CCCN1CCC2C(C1)C(=C)C1=C(C)NC(=O)CN12. The number of fused-ring (bicyclic) bond motifs is 3. The molecule has 2 saturated heterocycles. The molecule has 3 aliphatic rings. The van der Waals surface area contributed by atoms with E-state index in [0.29, 0.717) is 30.5 Å². The first kappa shape index (κ1) is 21.3. The van der Waals surface area contributed by atoms with Gasteiger partial charge in [0.2, 0.25) is 5.91 Å². The summed E-state index contributed by atoms with van der Waals surface area (Å²) in [5.74, 6) is 0.582. The summed E-state index contributed by atoms with van der Waals surface area (Å²) in [6.45, 7) is 17.4. The van der Waals surface area contributed by atoms with E-state index in [2.05, 4.69) is 28.3 Å². The predicted molar refractivity (Wildman–Crippen MR) is 117 cm³/mol. The van der Waals surface area contributed by atoms with Crippen molar-refractivity contribution in [2.24, 2.45) is 5.92 Å². The van der Waals surface area contributed by atoms with Gasteiger partial charge in [0.1, 0.15) is 0 Å². The van der Waals surface area contributed by atoms with Crippen LogP contribution in [0.15, 0.2) is 59.5 Å². The molecular weight excluding hydrogens is 362 g/mol. The molecule has 0 radical (unpaired) electrons. The molecule has 5 heteroatoms. The molecule has 0 aromatic heterocycles. The average molecular weight is 396 g/mol. The predicted octanol–water partition coefficient (Wildman–Crippen LogP) is 3.34. The van der Waals surface area contributed by atoms with E-state index in [9.17, 15) is 9.59 Å². The van der Waals surface area contributed by atoms with Crippen molar-refractivity contribution in [3.8, 4) is 0 Å². The Morgan fingerprint density at radius 2 is 2.07 bits per heavy atom. The number of amides is 1. The van der Waals surface area contributed by atoms with E-state index < -0.39 is 0 Å². The maximum absolute atomic E-state index is 12.4. The van der Waals surface area contributed by atoms with Crippen LogP contribution in [0.5, 0.6) is 0 Å². The molecule has 3 aliphatic heterocycles. The third kappa shape index (κ3) is 4.61. The zero-order valence-corrected chi connectivity index (χ0v) is 18.0. The summed E-state index contributed by atoms with van der Waals surface area (Å²) in [6, 6.07) is 0.371. The van der Waals surface area contributed by atoms with E-state index >= 15 is 0 Å². The number of rotatable bonds is 7. The molecule has 3 rings (SSSR count). The van der Waals surface area contributed by atoms with Crippen LogP contribution in [0.1, 0.15) is 40.0 Å². The molecule has 0 bridgehead atoms. The van der Waals surface area contributed by atoms with Gasteiger partial charge in [-0.05, 0) is 45.7 Å². The Hall–Kier alpha value is -2.40. The Balaban J connectivity index is 1.55. The van der Waals surface area contributed by atoms with E-state index in [4.69, 9.17) is 0 Å². The highest BCUT2D eigenvalue weighted by molar-refractivity contribution is 5.98. The van der Waals surface area contributed by atoms with Crippen molar-refractivity contribution in [1.29, 1.82) is 0 Å². The van der Waals surface area contributed by atoms with Crippen LogP contribution >= 0.6 is 0 Å². The number of carbonyl (C=O) groups excluding carboxylic acids is 2. The van der Waals surface area contributed by atoms with Crippen LogP contribution in [-0.4, -0.2) is 53.7 Å². The molecule has 29 heavy (non-hydrogen) atoms. The Kier molecular flexibility index (Phi) is 6.58. The molecule has 5 nitrogen and oxygen atoms in total. The lowest BCUT2D eigenvalue weighted by molar-refractivity contribution is -0.122. The monoisotopic (exact) mass is 395 g/mol. The van der Waals surface area contributed by atoms with E-state index in [1.807, 2.05) is 32.9 Å². The van der Waals surface area contributed by atoms with Crippen molar-refractivity contribution in [1.82, 2.24) is 15.1 Å². The number of hydrogen-bond donors (Lipinski definition) is 1. The van der Waals surface area contributed by atoms with Gasteiger partial charge in [-0.25, -0.2) is 0 Å². The molecule has 3 heterocycles. The van der Waals surface area contributed by atoms with Crippen LogP contribution < -0.4 is 5.32 Å². The fourth-order valence-electron chi connectivity index (χ4n) is 4.71. The van der Waals surface area contributed by atoms with Gasteiger partial charge >= 0.3 is 0 Å². The maximum atomic E-state index is 12.4. The summed E-state index contributed by atoms with van der Waals surface area (Å²) in [7, 11) is 0. The standard InChI is InChI=1S/C24H33N3O2/c1-6-19(10-9-16(2)3)22(28)8-7-12-26-13-11-21-20(14-26)17(4)24-18(5)25-23(29)15-27(21)24/h6,9-10,20-21H,1,4,7-8,11-15H2,2-3,5H3,(H,25,29)/b19-10+. The summed E-state index contributed by atoms with van der Waals surface area (Å²) >= 11 is 0. The lowest BCUT2D eigenvalue weighted by Crippen LogP contribution is -2.49. The van der Waals surface area contributed by atoms with Gasteiger partial charge < -0.3 is 15.1 Å². The number of hydrogen-bond acceptors (Lipinski definition) is 4. The highest BCUT2D eigenvalue weighted by atomic mass is 16.2. The zero-order valence-electron chi connectivity index (χ0n) is 18.0. The first-order valence-corrected chi connectivity index (χ1v) is 10.5. The van der Waals surface area contributed by atoms with Crippen LogP contribution in [0.3, 0.4) is 0 Å². The van der Waals surface area contributed by atoms with Crippen LogP contribution in [-0.2, 0) is 9.59 Å². The number of Topliss-reactive ketones (excluding diaryl/α,β-unsaturated/α-hetero) is 1. The Morgan fingerprint density at radius 3 is 2.76 bits per heavy atom. The Morgan fingerprint density at radius 1 is 1.31 bits per heavy atom. The summed E-state index contributed by atoms with van der Waals surface area (Å²) in [6.07, 6.45) is 7.87. The first-order valence-electron chi connectivity index (χ1n) is 10.5. The molecule has 156 valence electrons. The number of piperidine rings is 1. The fourth-order valence-corrected chi connectivity index (χ4v) is 4.71. The highest BCUT2D eigenvalue weighted by Gasteiger charge is 2.45. The summed E-state index contributed by atoms with van der Waals surface area (Å²) in [5.41, 5.74) is 5.06. The average Bonchev–Trinajstić information content (AvgIpc) is 2.94. The molecule has 2 fully saturated rings. The molecule has 0 spiro atoms. The topological polar surface area (TPSA) is 52.7 Å². The molecule has 0 aromatic carbocycles. The van der Waals surface area contributed by atoms with Gasteiger partial charge in [-0.3, -0.25) is 9.59 Å². The van der Waals surface area contributed by atoms with E-state index in [1.165, 1.54) is 0 Å². The van der Waals surface area contributed by atoms with E-state index in [1.54, 1.807) is 6.08 Å². The Bertz CT molecular complexity index is 814. The first-order chi connectivity index (χ1) is 13.8. The van der Waals surface area contributed by atoms with Crippen molar-refractivity contribution >= 4 is 11.7 Å². The second-order valence-electron chi connectivity index (χ2n) is 8.53. The zero-order chi connectivity index (χ0) is 21.1. The van der Waals surface area contributed by atoms with Gasteiger partial charge in [0.15, 0.2) is 5.78 Å². The van der Waals surface area contributed by atoms with Crippen LogP contribution in [0.4, 0.5) is 0 Å². The molecule has 1 N–H and O–H groups in total. The smallest absolute Gasteiger partial charge is 0.243 e. The summed E-state index contributed by atoms with van der Waals surface area (Å²) in [5, 5.41) is 2.95. The van der Waals surface area contributed by atoms with Crippen LogP contribution in [0, 0.1) is 5.92 Å². The van der Waals surface area contributed by atoms with Crippen molar-refractivity contribution in [2.75, 3.05) is 26.2 Å². The quantitative estimate of drug-likeness (QED) is 0.531. The van der Waals surface area contributed by atoms with Gasteiger partial charge in [-0.1, -0.05) is 37.0 Å². The van der Waals surface area contributed by atoms with Gasteiger partial charge in [-0.2, -0.15) is 0 Å². The Labute approximate surface area is 174 Å². The minimum atomic E-state index is 0.0693.